The zero-order chi connectivity index (χ0) is 29.3. The van der Waals surface area contributed by atoms with E-state index in [1.54, 1.807) is 20.4 Å². The van der Waals surface area contributed by atoms with E-state index in [-0.39, 0.29) is 6.04 Å². The number of nitrogens with zero attached hydrogens (tertiary/aromatic N) is 4. The van der Waals surface area contributed by atoms with Crippen molar-refractivity contribution in [3.8, 4) is 5.75 Å². The maximum atomic E-state index is 12.7. The van der Waals surface area contributed by atoms with E-state index in [1.807, 2.05) is 42.5 Å². The second-order valence-corrected chi connectivity index (χ2v) is 13.8. The van der Waals surface area contributed by atoms with Crippen LogP contribution in [0.1, 0.15) is 26.7 Å². The molecule has 4 rings (SSSR count). The molecular weight excluding hydrogens is 545 g/mol. The Morgan fingerprint density at radius 3 is 2.38 bits per heavy atom. The number of ether oxygens (including phenoxy) is 1. The highest BCUT2D eigenvalue weighted by molar-refractivity contribution is 7.70. The van der Waals surface area contributed by atoms with Gasteiger partial charge in [0.25, 0.3) is 0 Å². The van der Waals surface area contributed by atoms with E-state index in [4.69, 9.17) is 22.1 Å². The van der Waals surface area contributed by atoms with Crippen molar-refractivity contribution >= 4 is 52.9 Å². The Bertz CT molecular complexity index is 1290. The molecule has 1 saturated heterocycles. The van der Waals surface area contributed by atoms with E-state index < -0.39 is 7.14 Å². The Kier molecular flexibility index (Phi) is 11.6. The monoisotopic (exact) mass is 587 g/mol. The average Bonchev–Trinajstić information content (AvgIpc) is 2.95. The fourth-order valence-corrected chi connectivity index (χ4v) is 5.47. The van der Waals surface area contributed by atoms with Crippen LogP contribution >= 0.6 is 18.7 Å². The predicted molar refractivity (Wildman–Crippen MR) is 170 cm³/mol. The molecule has 3 aromatic rings. The topological polar surface area (TPSA) is 109 Å². The van der Waals surface area contributed by atoms with Gasteiger partial charge in [-0.2, -0.15) is 4.98 Å². The standard InChI is InChI=1S/C24H30ClN6O2P.C5H13N/c1-33-21-14-17(31-12-10-16(26)11-13-31)8-9-19(21)29-24-27-15-18(25)23(30-24)28-20-6-4-5-7-22(20)34(2,3)32;1-4-6(3)5-2/h4-9,14-16H,10-13,26H2,1-3H3,(H2,27,28,29,30);4-5H2,1-3H3. The van der Waals surface area contributed by atoms with Gasteiger partial charge in [0.05, 0.1) is 24.7 Å². The van der Waals surface area contributed by atoms with Gasteiger partial charge in [0.2, 0.25) is 5.95 Å². The molecule has 218 valence electrons. The van der Waals surface area contributed by atoms with Crippen LogP contribution in [-0.4, -0.2) is 74.6 Å². The molecule has 1 aliphatic rings. The molecule has 4 N–H and O–H groups in total. The smallest absolute Gasteiger partial charge is 0.229 e. The van der Waals surface area contributed by atoms with Gasteiger partial charge in [-0.1, -0.05) is 37.6 Å². The molecule has 0 spiro atoms. The van der Waals surface area contributed by atoms with Crippen molar-refractivity contribution in [2.75, 3.05) is 69.2 Å². The minimum atomic E-state index is -2.50. The van der Waals surface area contributed by atoms with Crippen molar-refractivity contribution in [1.82, 2.24) is 14.9 Å². The molecule has 0 amide bonds. The van der Waals surface area contributed by atoms with Gasteiger partial charge in [0, 0.05) is 36.2 Å². The SMILES string of the molecule is CCN(C)CC.COc1cc(N2CCC(N)CC2)ccc1Nc1ncc(Cl)c(Nc2ccccc2P(C)(C)=O)n1. The van der Waals surface area contributed by atoms with Gasteiger partial charge in [-0.15, -0.1) is 0 Å². The Labute approximate surface area is 243 Å². The quantitative estimate of drug-likeness (QED) is 0.269. The van der Waals surface area contributed by atoms with Crippen LogP contribution in [0.25, 0.3) is 0 Å². The number of nitrogens with one attached hydrogen (secondary N) is 2. The fourth-order valence-electron chi connectivity index (χ4n) is 4.17. The van der Waals surface area contributed by atoms with Crippen molar-refractivity contribution in [1.29, 1.82) is 0 Å². The zero-order valence-corrected chi connectivity index (χ0v) is 26.1. The Balaban J connectivity index is 0.000000663. The third-order valence-corrected chi connectivity index (χ3v) is 8.72. The summed E-state index contributed by atoms with van der Waals surface area (Å²) < 4.78 is 18.3. The van der Waals surface area contributed by atoms with Crippen LogP contribution < -0.4 is 31.3 Å². The van der Waals surface area contributed by atoms with Gasteiger partial charge in [0.15, 0.2) is 5.82 Å². The first kappa shape index (κ1) is 31.7. The summed E-state index contributed by atoms with van der Waals surface area (Å²) in [7, 11) is 1.25. The summed E-state index contributed by atoms with van der Waals surface area (Å²) in [4.78, 5) is 13.4. The third-order valence-electron chi connectivity index (χ3n) is 6.90. The van der Waals surface area contributed by atoms with E-state index in [2.05, 4.69) is 51.3 Å². The lowest BCUT2D eigenvalue weighted by Gasteiger charge is -2.32. The summed E-state index contributed by atoms with van der Waals surface area (Å²) >= 11 is 6.37. The molecule has 40 heavy (non-hydrogen) atoms. The number of para-hydroxylation sites is 1. The minimum absolute atomic E-state index is 0.275. The molecule has 1 fully saturated rings. The second-order valence-electron chi connectivity index (χ2n) is 10.2. The van der Waals surface area contributed by atoms with E-state index in [0.717, 1.165) is 55.7 Å². The summed E-state index contributed by atoms with van der Waals surface area (Å²) in [5, 5.41) is 7.52. The number of halogens is 1. The lowest BCUT2D eigenvalue weighted by atomic mass is 10.1. The van der Waals surface area contributed by atoms with Gasteiger partial charge in [-0.3, -0.25) is 0 Å². The van der Waals surface area contributed by atoms with Gasteiger partial charge in [-0.25, -0.2) is 4.98 Å². The number of nitrogens with two attached hydrogens (primary N) is 1. The molecule has 0 bridgehead atoms. The molecule has 0 aliphatic carbocycles. The number of anilines is 5. The molecule has 9 nitrogen and oxygen atoms in total. The third kappa shape index (κ3) is 8.83. The number of piperidine rings is 1. The maximum absolute atomic E-state index is 12.7. The van der Waals surface area contributed by atoms with E-state index in [9.17, 15) is 4.57 Å². The van der Waals surface area contributed by atoms with Crippen LogP contribution in [0.15, 0.2) is 48.7 Å². The normalized spacial score (nSPS) is 14.0. The first-order valence-corrected chi connectivity index (χ1v) is 16.6. The Morgan fingerprint density at radius 2 is 1.77 bits per heavy atom. The summed E-state index contributed by atoms with van der Waals surface area (Å²) in [6.07, 6.45) is 3.48. The van der Waals surface area contributed by atoms with Crippen LogP contribution in [0.4, 0.5) is 28.8 Å². The van der Waals surface area contributed by atoms with Crippen molar-refractivity contribution in [2.45, 2.75) is 32.7 Å². The van der Waals surface area contributed by atoms with Crippen LogP contribution in [0.3, 0.4) is 0 Å². The lowest BCUT2D eigenvalue weighted by Crippen LogP contribution is -2.39. The van der Waals surface area contributed by atoms with Crippen LogP contribution in [0, 0.1) is 0 Å². The highest BCUT2D eigenvalue weighted by Gasteiger charge is 2.19. The highest BCUT2D eigenvalue weighted by atomic mass is 35.5. The summed E-state index contributed by atoms with van der Waals surface area (Å²) in [6.45, 7) is 12.0. The molecule has 11 heteroatoms. The first-order chi connectivity index (χ1) is 19.0. The van der Waals surface area contributed by atoms with Crippen molar-refractivity contribution in [3.63, 3.8) is 0 Å². The van der Waals surface area contributed by atoms with E-state index >= 15 is 0 Å². The predicted octanol–water partition coefficient (Wildman–Crippen LogP) is 5.76. The molecule has 2 heterocycles. The number of methoxy groups -OCH3 is 1. The van der Waals surface area contributed by atoms with Crippen molar-refractivity contribution < 1.29 is 9.30 Å². The average molecular weight is 588 g/mol. The van der Waals surface area contributed by atoms with Crippen molar-refractivity contribution in [3.05, 3.63) is 53.7 Å². The Hall–Kier alpha value is -2.84. The van der Waals surface area contributed by atoms with Crippen LogP contribution in [0.5, 0.6) is 5.75 Å². The summed E-state index contributed by atoms with van der Waals surface area (Å²) in [6, 6.07) is 13.7. The molecule has 0 unspecified atom stereocenters. The van der Waals surface area contributed by atoms with Crippen LogP contribution in [0.2, 0.25) is 5.02 Å². The van der Waals surface area contributed by atoms with Crippen molar-refractivity contribution in [2.24, 2.45) is 5.73 Å². The van der Waals surface area contributed by atoms with Gasteiger partial charge >= 0.3 is 0 Å². The highest BCUT2D eigenvalue weighted by Crippen LogP contribution is 2.39. The van der Waals surface area contributed by atoms with Gasteiger partial charge in [0.1, 0.15) is 17.9 Å². The number of benzene rings is 2. The number of rotatable bonds is 9. The van der Waals surface area contributed by atoms with Gasteiger partial charge in [-0.05, 0) is 70.6 Å². The Morgan fingerprint density at radius 1 is 1.10 bits per heavy atom. The zero-order valence-electron chi connectivity index (χ0n) is 24.4. The fraction of sp³-hybridized carbons (Fsp3) is 0.448. The molecule has 1 aliphatic heterocycles. The molecule has 0 atom stereocenters. The maximum Gasteiger partial charge on any atom is 0.229 e. The molecule has 2 aromatic carbocycles. The second kappa shape index (κ2) is 14.7. The minimum Gasteiger partial charge on any atom is -0.494 e. The molecule has 1 aromatic heterocycles. The summed E-state index contributed by atoms with van der Waals surface area (Å²) in [5.41, 5.74) is 8.57. The first-order valence-electron chi connectivity index (χ1n) is 13.6. The number of hydrogen-bond acceptors (Lipinski definition) is 9. The lowest BCUT2D eigenvalue weighted by molar-refractivity contribution is 0.373. The van der Waals surface area contributed by atoms with E-state index in [0.29, 0.717) is 28.2 Å². The summed E-state index contributed by atoms with van der Waals surface area (Å²) in [5.74, 6) is 1.46. The van der Waals surface area contributed by atoms with Crippen LogP contribution in [-0.2, 0) is 4.57 Å². The van der Waals surface area contributed by atoms with E-state index in [1.165, 1.54) is 6.20 Å². The molecular formula is C29H43ClN7O2P. The molecule has 0 radical (unpaired) electrons. The number of hydrogen-bond donors (Lipinski definition) is 3. The largest absolute Gasteiger partial charge is 0.494 e. The number of aromatic nitrogens is 2. The molecule has 0 saturated carbocycles. The van der Waals surface area contributed by atoms with Gasteiger partial charge < -0.3 is 35.5 Å².